The second-order valence-corrected chi connectivity index (χ2v) is 9.65. The predicted molar refractivity (Wildman–Crippen MR) is 107 cm³/mol. The minimum atomic E-state index is -1.87. The first-order valence-corrected chi connectivity index (χ1v) is 10.4. The monoisotopic (exact) mass is 448 g/mol. The van der Waals surface area contributed by atoms with Gasteiger partial charge in [-0.1, -0.05) is 29.8 Å². The summed E-state index contributed by atoms with van der Waals surface area (Å²) in [5.41, 5.74) is 1.01. The molecule has 0 aromatic heterocycles. The fraction of sp³-hybridized carbons (Fsp3) is 0.429. The minimum Gasteiger partial charge on any atom is -0.508 e. The fourth-order valence-electron chi connectivity index (χ4n) is 5.73. The van der Waals surface area contributed by atoms with Crippen molar-refractivity contribution in [3.63, 3.8) is 0 Å². The number of aromatic hydroxyl groups is 1. The van der Waals surface area contributed by atoms with Gasteiger partial charge in [0, 0.05) is 18.5 Å². The highest BCUT2D eigenvalue weighted by Crippen LogP contribution is 2.65. The number of hydrogen-bond acceptors (Lipinski definition) is 5. The van der Waals surface area contributed by atoms with Gasteiger partial charge in [-0.25, -0.2) is 0 Å². The van der Waals surface area contributed by atoms with Crippen LogP contribution in [0.25, 0.3) is 0 Å². The van der Waals surface area contributed by atoms with Gasteiger partial charge in [0.2, 0.25) is 11.8 Å². The Labute approximate surface area is 182 Å². The summed E-state index contributed by atoms with van der Waals surface area (Å²) < 4.78 is 0. The van der Waals surface area contributed by atoms with E-state index in [2.05, 4.69) is 5.32 Å². The van der Waals surface area contributed by atoms with Crippen molar-refractivity contribution in [2.75, 3.05) is 7.05 Å². The number of halogens is 2. The lowest BCUT2D eigenvalue weighted by Crippen LogP contribution is -2.60. The third kappa shape index (κ3) is 2.12. The van der Waals surface area contributed by atoms with Gasteiger partial charge in [-0.2, -0.15) is 0 Å². The number of para-hydroxylation sites is 1. The third-order valence-corrected chi connectivity index (χ3v) is 8.52. The Morgan fingerprint density at radius 3 is 2.47 bits per heavy atom. The first kappa shape index (κ1) is 19.6. The van der Waals surface area contributed by atoms with E-state index < -0.39 is 51.1 Å². The molecule has 7 nitrogen and oxygen atoms in total. The van der Waals surface area contributed by atoms with Gasteiger partial charge in [0.1, 0.15) is 5.75 Å². The van der Waals surface area contributed by atoms with Crippen LogP contribution in [0.1, 0.15) is 24.3 Å². The van der Waals surface area contributed by atoms with E-state index in [1.807, 2.05) is 6.08 Å². The van der Waals surface area contributed by atoms with Crippen molar-refractivity contribution in [1.29, 1.82) is 0 Å². The molecule has 2 aliphatic heterocycles. The summed E-state index contributed by atoms with van der Waals surface area (Å²) >= 11 is 13.9. The van der Waals surface area contributed by atoms with E-state index in [4.69, 9.17) is 23.2 Å². The molecule has 2 saturated heterocycles. The molecule has 156 valence electrons. The number of phenolic OH excluding ortho intramolecular Hbond substituents is 1. The van der Waals surface area contributed by atoms with Gasteiger partial charge in [-0.15, -0.1) is 23.2 Å². The molecule has 9 heteroatoms. The van der Waals surface area contributed by atoms with E-state index in [1.54, 1.807) is 18.2 Å². The lowest BCUT2D eigenvalue weighted by molar-refractivity contribution is -0.138. The molecular weight excluding hydrogens is 431 g/mol. The lowest BCUT2D eigenvalue weighted by atomic mass is 9.56. The van der Waals surface area contributed by atoms with Crippen LogP contribution < -0.4 is 5.32 Å². The van der Waals surface area contributed by atoms with Crippen LogP contribution in [0.3, 0.4) is 0 Å². The topological polar surface area (TPSA) is 104 Å². The summed E-state index contributed by atoms with van der Waals surface area (Å²) in [5, 5.41) is 13.0. The second-order valence-electron chi connectivity index (χ2n) is 8.41. The Morgan fingerprint density at radius 1 is 1.07 bits per heavy atom. The number of imide groups is 2. The van der Waals surface area contributed by atoms with Gasteiger partial charge in [-0.05, 0) is 24.8 Å². The number of carbonyl (C=O) groups is 4. The van der Waals surface area contributed by atoms with Crippen molar-refractivity contribution < 1.29 is 24.3 Å². The maximum atomic E-state index is 13.2. The highest BCUT2D eigenvalue weighted by molar-refractivity contribution is 6.53. The van der Waals surface area contributed by atoms with Crippen LogP contribution in [-0.4, -0.2) is 50.4 Å². The summed E-state index contributed by atoms with van der Waals surface area (Å²) in [7, 11) is 1.33. The van der Waals surface area contributed by atoms with Crippen LogP contribution in [-0.2, 0) is 19.2 Å². The normalized spacial score (nSPS) is 40.0. The van der Waals surface area contributed by atoms with Crippen molar-refractivity contribution in [3.8, 4) is 5.75 Å². The average molecular weight is 449 g/mol. The largest absolute Gasteiger partial charge is 0.508 e. The number of hydrogen-bond donors (Lipinski definition) is 2. The van der Waals surface area contributed by atoms with E-state index in [0.717, 1.165) is 4.90 Å². The summed E-state index contributed by atoms with van der Waals surface area (Å²) in [4.78, 5) is 48.4. The molecule has 2 aliphatic carbocycles. The van der Waals surface area contributed by atoms with Crippen LogP contribution in [0.15, 0.2) is 35.9 Å². The standard InChI is InChI=1S/C21H18Cl2N2O5/c1-25-18(29)20(22)8-12-9(6-7-11-14(12)17(28)24-16(11)27)15(21(20,23)19(25)30)10-4-2-3-5-13(10)26/h2-6,11-12,14-15,26H,7-8H2,1H3,(H,24,27,28). The van der Waals surface area contributed by atoms with Gasteiger partial charge in [0.15, 0.2) is 9.75 Å². The van der Waals surface area contributed by atoms with Gasteiger partial charge >= 0.3 is 0 Å². The number of phenols is 1. The second kappa shape index (κ2) is 6.08. The average Bonchev–Trinajstić information content (AvgIpc) is 3.07. The number of nitrogens with one attached hydrogen (secondary N) is 1. The molecule has 1 aromatic carbocycles. The molecule has 2 heterocycles. The number of nitrogens with zero attached hydrogens (tertiary/aromatic N) is 1. The highest BCUT2D eigenvalue weighted by Gasteiger charge is 2.75. The van der Waals surface area contributed by atoms with Crippen molar-refractivity contribution in [2.24, 2.45) is 17.8 Å². The number of alkyl halides is 2. The number of carbonyl (C=O) groups excluding carboxylic acids is 4. The van der Waals surface area contributed by atoms with E-state index in [0.29, 0.717) is 17.6 Å². The zero-order chi connectivity index (χ0) is 21.6. The smallest absolute Gasteiger partial charge is 0.253 e. The number of allylic oxidation sites excluding steroid dienone is 2. The van der Waals surface area contributed by atoms with Gasteiger partial charge in [-0.3, -0.25) is 29.4 Å². The molecule has 6 unspecified atom stereocenters. The predicted octanol–water partition coefficient (Wildman–Crippen LogP) is 1.67. The molecule has 1 saturated carbocycles. The van der Waals surface area contributed by atoms with Crippen LogP contribution >= 0.6 is 23.2 Å². The zero-order valence-corrected chi connectivity index (χ0v) is 17.4. The van der Waals surface area contributed by atoms with E-state index in [1.165, 1.54) is 13.1 Å². The van der Waals surface area contributed by atoms with Crippen molar-refractivity contribution in [3.05, 3.63) is 41.5 Å². The SMILES string of the molecule is CN1C(=O)C2(Cl)CC3C(=CCC4C(=O)NC(=O)C43)C(c3ccccc3O)C2(Cl)C1=O. The Hall–Kier alpha value is -2.38. The van der Waals surface area contributed by atoms with Crippen LogP contribution in [0, 0.1) is 17.8 Å². The van der Waals surface area contributed by atoms with Gasteiger partial charge < -0.3 is 5.11 Å². The Kier molecular flexibility index (Phi) is 3.97. The number of likely N-dealkylation sites (tertiary alicyclic amines) is 1. The first-order chi connectivity index (χ1) is 14.1. The maximum Gasteiger partial charge on any atom is 0.253 e. The number of rotatable bonds is 1. The van der Waals surface area contributed by atoms with E-state index in [9.17, 15) is 24.3 Å². The van der Waals surface area contributed by atoms with Crippen molar-refractivity contribution in [1.82, 2.24) is 10.2 Å². The molecule has 0 radical (unpaired) electrons. The number of fused-ring (bicyclic) bond motifs is 4. The first-order valence-electron chi connectivity index (χ1n) is 9.66. The summed E-state index contributed by atoms with van der Waals surface area (Å²) in [6.07, 6.45) is 2.07. The highest BCUT2D eigenvalue weighted by atomic mass is 35.5. The van der Waals surface area contributed by atoms with Crippen LogP contribution in [0.5, 0.6) is 5.75 Å². The summed E-state index contributed by atoms with van der Waals surface area (Å²) in [6, 6.07) is 6.43. The lowest BCUT2D eigenvalue weighted by Gasteiger charge is -2.50. The Bertz CT molecular complexity index is 1070. The minimum absolute atomic E-state index is 0.0508. The molecule has 6 atom stereocenters. The molecule has 0 spiro atoms. The third-order valence-electron chi connectivity index (χ3n) is 7.10. The quantitative estimate of drug-likeness (QED) is 0.386. The molecule has 1 aromatic rings. The van der Waals surface area contributed by atoms with Crippen molar-refractivity contribution >= 4 is 46.8 Å². The molecule has 30 heavy (non-hydrogen) atoms. The van der Waals surface area contributed by atoms with Crippen molar-refractivity contribution in [2.45, 2.75) is 28.5 Å². The molecule has 0 bridgehead atoms. The van der Waals surface area contributed by atoms with E-state index >= 15 is 0 Å². The molecule has 4 aliphatic rings. The molecule has 4 amide bonds. The van der Waals surface area contributed by atoms with E-state index in [-0.39, 0.29) is 18.1 Å². The van der Waals surface area contributed by atoms with Crippen LogP contribution in [0.4, 0.5) is 0 Å². The molecule has 5 rings (SSSR count). The van der Waals surface area contributed by atoms with Crippen LogP contribution in [0.2, 0.25) is 0 Å². The van der Waals surface area contributed by atoms with Gasteiger partial charge in [0.05, 0.1) is 11.8 Å². The zero-order valence-electron chi connectivity index (χ0n) is 15.9. The summed E-state index contributed by atoms with van der Waals surface area (Å²) in [5.74, 6) is -4.88. The number of amides is 4. The Morgan fingerprint density at radius 2 is 1.77 bits per heavy atom. The Balaban J connectivity index is 1.78. The fourth-order valence-corrected chi connectivity index (χ4v) is 6.74. The molecule has 3 fully saturated rings. The molecule has 2 N–H and O–H groups in total. The summed E-state index contributed by atoms with van der Waals surface area (Å²) in [6.45, 7) is 0. The molecular formula is C21H18Cl2N2O5. The maximum absolute atomic E-state index is 13.2. The van der Waals surface area contributed by atoms with Gasteiger partial charge in [0.25, 0.3) is 11.8 Å². The number of benzene rings is 1.